The third-order valence-corrected chi connectivity index (χ3v) is 7.09. The van der Waals surface area contributed by atoms with Crippen LogP contribution in [0.2, 0.25) is 0 Å². The van der Waals surface area contributed by atoms with Crippen molar-refractivity contribution in [2.24, 2.45) is 5.92 Å². The first-order valence-corrected chi connectivity index (χ1v) is 14.1. The van der Waals surface area contributed by atoms with Gasteiger partial charge < -0.3 is 4.90 Å². The lowest BCUT2D eigenvalue weighted by Crippen LogP contribution is -2.42. The Kier molecular flexibility index (Phi) is 8.43. The summed E-state index contributed by atoms with van der Waals surface area (Å²) in [5.74, 6) is -6.35. The highest BCUT2D eigenvalue weighted by Crippen LogP contribution is 2.36. The number of benzene rings is 2. The van der Waals surface area contributed by atoms with Gasteiger partial charge in [0, 0.05) is 42.6 Å². The Morgan fingerprint density at radius 3 is 2.46 bits per heavy atom. The van der Waals surface area contributed by atoms with Crippen molar-refractivity contribution >= 4 is 33.2 Å². The third kappa shape index (κ3) is 6.87. The number of alkyl halides is 3. The zero-order valence-corrected chi connectivity index (χ0v) is 22.3. The van der Waals surface area contributed by atoms with E-state index in [1.165, 1.54) is 24.4 Å². The van der Waals surface area contributed by atoms with Crippen molar-refractivity contribution in [2.75, 3.05) is 22.4 Å². The minimum Gasteiger partial charge on any atom is -0.309 e. The molecule has 1 atom stereocenters. The molecular formula is C27H23F6N3O4S. The first-order valence-electron chi connectivity index (χ1n) is 12.3. The lowest BCUT2D eigenvalue weighted by atomic mass is 9.89. The van der Waals surface area contributed by atoms with Crippen LogP contribution in [0.5, 0.6) is 0 Å². The van der Waals surface area contributed by atoms with E-state index in [-0.39, 0.29) is 47.6 Å². The van der Waals surface area contributed by atoms with E-state index in [4.69, 9.17) is 0 Å². The second-order valence-corrected chi connectivity index (χ2v) is 11.3. The van der Waals surface area contributed by atoms with Crippen LogP contribution in [0.15, 0.2) is 48.7 Å². The number of carbonyl (C=O) groups excluding carboxylic acids is 2. The van der Waals surface area contributed by atoms with Gasteiger partial charge in [-0.3, -0.25) is 14.3 Å². The van der Waals surface area contributed by atoms with Crippen LogP contribution < -0.4 is 9.62 Å². The first kappa shape index (κ1) is 30.0. The average molecular weight is 600 g/mol. The monoisotopic (exact) mass is 599 g/mol. The Bertz CT molecular complexity index is 1610. The van der Waals surface area contributed by atoms with E-state index >= 15 is 8.78 Å². The van der Waals surface area contributed by atoms with Gasteiger partial charge in [0.1, 0.15) is 17.4 Å². The minimum absolute atomic E-state index is 0.0283. The Morgan fingerprint density at radius 1 is 1.07 bits per heavy atom. The highest BCUT2D eigenvalue weighted by molar-refractivity contribution is 7.92. The lowest BCUT2D eigenvalue weighted by molar-refractivity contribution is -0.137. The maximum atomic E-state index is 15.3. The van der Waals surface area contributed by atoms with Crippen molar-refractivity contribution in [3.05, 3.63) is 77.2 Å². The van der Waals surface area contributed by atoms with Gasteiger partial charge in [-0.1, -0.05) is 6.07 Å². The van der Waals surface area contributed by atoms with Crippen LogP contribution in [0.25, 0.3) is 11.1 Å². The zero-order valence-electron chi connectivity index (χ0n) is 21.4. The topological polar surface area (TPSA) is 96.4 Å². The first-order chi connectivity index (χ1) is 19.2. The van der Waals surface area contributed by atoms with Gasteiger partial charge in [-0.15, -0.1) is 0 Å². The molecule has 0 saturated carbocycles. The standard InChI is InChI=1S/C27H23F6N3O4S/c1-41(39,40)35-25-20(5-2-10-34-25)19-8-9-22(24(30)23(19)29)36-11-3-4-16(26(36)38)13-18(37)12-15-6-7-17(14-21(15)28)27(31,32)33/h2,5-10,14,16H,3-4,11-13H2,1H3,(H,34,35)/t16-/m0/s1. The summed E-state index contributed by atoms with van der Waals surface area (Å²) in [5.41, 5.74) is -2.18. The lowest BCUT2D eigenvalue weighted by Gasteiger charge is -2.32. The van der Waals surface area contributed by atoms with Crippen LogP contribution >= 0.6 is 0 Å². The molecule has 7 nitrogen and oxygen atoms in total. The molecule has 2 heterocycles. The maximum absolute atomic E-state index is 15.3. The predicted molar refractivity (Wildman–Crippen MR) is 138 cm³/mol. The molecule has 0 radical (unpaired) electrons. The van der Waals surface area contributed by atoms with Gasteiger partial charge in [-0.25, -0.2) is 26.6 Å². The van der Waals surface area contributed by atoms with E-state index in [0.29, 0.717) is 18.6 Å². The van der Waals surface area contributed by atoms with E-state index in [9.17, 15) is 35.6 Å². The highest BCUT2D eigenvalue weighted by Gasteiger charge is 2.34. The van der Waals surface area contributed by atoms with Crippen molar-refractivity contribution in [3.63, 3.8) is 0 Å². The number of Topliss-reactive ketones (excluding diaryl/α,β-unsaturated/α-hetero) is 1. The number of carbonyl (C=O) groups is 2. The second-order valence-electron chi connectivity index (χ2n) is 9.59. The highest BCUT2D eigenvalue weighted by atomic mass is 32.2. The van der Waals surface area contributed by atoms with Gasteiger partial charge in [0.05, 0.1) is 17.5 Å². The van der Waals surface area contributed by atoms with Gasteiger partial charge >= 0.3 is 6.18 Å². The van der Waals surface area contributed by atoms with Crippen LogP contribution in [0.1, 0.15) is 30.4 Å². The molecule has 4 rings (SSSR count). The Morgan fingerprint density at radius 2 is 1.80 bits per heavy atom. The van der Waals surface area contributed by atoms with Gasteiger partial charge in [0.15, 0.2) is 11.6 Å². The summed E-state index contributed by atoms with van der Waals surface area (Å²) >= 11 is 0. The van der Waals surface area contributed by atoms with Crippen molar-refractivity contribution in [3.8, 4) is 11.1 Å². The number of aromatic nitrogens is 1. The van der Waals surface area contributed by atoms with Crippen LogP contribution in [0.4, 0.5) is 37.8 Å². The average Bonchev–Trinajstić information content (AvgIpc) is 2.87. The summed E-state index contributed by atoms with van der Waals surface area (Å²) in [6, 6.07) is 6.89. The van der Waals surface area contributed by atoms with E-state index in [1.54, 1.807) is 0 Å². The Hall–Kier alpha value is -3.94. The third-order valence-electron chi connectivity index (χ3n) is 6.52. The fourth-order valence-electron chi connectivity index (χ4n) is 4.64. The van der Waals surface area contributed by atoms with Gasteiger partial charge in [0.2, 0.25) is 15.9 Å². The SMILES string of the molecule is CS(=O)(=O)Nc1ncccc1-c1ccc(N2CCC[C@@H](CC(=O)Cc3ccc(C(F)(F)F)cc3F)C2=O)c(F)c1F. The van der Waals surface area contributed by atoms with E-state index in [0.717, 1.165) is 23.3 Å². The normalized spacial score (nSPS) is 16.1. The molecule has 1 N–H and O–H groups in total. The fraction of sp³-hybridized carbons (Fsp3) is 0.296. The molecule has 1 aliphatic rings. The molecule has 0 spiro atoms. The number of nitrogens with zero attached hydrogens (tertiary/aromatic N) is 2. The van der Waals surface area contributed by atoms with Crippen molar-refractivity contribution in [1.82, 2.24) is 4.98 Å². The predicted octanol–water partition coefficient (Wildman–Crippen LogP) is 5.50. The van der Waals surface area contributed by atoms with Crippen molar-refractivity contribution < 1.29 is 44.3 Å². The number of pyridine rings is 1. The number of halogens is 6. The molecule has 0 aliphatic carbocycles. The number of piperidine rings is 1. The van der Waals surface area contributed by atoms with Gasteiger partial charge in [-0.2, -0.15) is 13.2 Å². The summed E-state index contributed by atoms with van der Waals surface area (Å²) in [5, 5.41) is 0. The summed E-state index contributed by atoms with van der Waals surface area (Å²) in [6.45, 7) is 0.0283. The number of sulfonamides is 1. The molecule has 218 valence electrons. The molecule has 2 aromatic carbocycles. The van der Waals surface area contributed by atoms with Crippen LogP contribution in [-0.2, 0) is 32.2 Å². The molecule has 1 fully saturated rings. The molecule has 1 saturated heterocycles. The number of anilines is 2. The molecule has 1 amide bonds. The number of rotatable bonds is 8. The van der Waals surface area contributed by atoms with Crippen LogP contribution in [0.3, 0.4) is 0 Å². The van der Waals surface area contributed by atoms with E-state index < -0.39 is 63.2 Å². The van der Waals surface area contributed by atoms with E-state index in [2.05, 4.69) is 9.71 Å². The molecule has 41 heavy (non-hydrogen) atoms. The largest absolute Gasteiger partial charge is 0.416 e. The molecule has 14 heteroatoms. The van der Waals surface area contributed by atoms with Crippen molar-refractivity contribution in [2.45, 2.75) is 31.9 Å². The fourth-order valence-corrected chi connectivity index (χ4v) is 5.15. The summed E-state index contributed by atoms with van der Waals surface area (Å²) in [4.78, 5) is 30.6. The molecule has 0 bridgehead atoms. The molecule has 0 unspecified atom stereocenters. The Balaban J connectivity index is 1.52. The number of hydrogen-bond donors (Lipinski definition) is 1. The summed E-state index contributed by atoms with van der Waals surface area (Å²) in [7, 11) is -3.78. The quantitative estimate of drug-likeness (QED) is 0.345. The molecular weight excluding hydrogens is 576 g/mol. The number of amides is 1. The number of hydrogen-bond acceptors (Lipinski definition) is 5. The number of ketones is 1. The van der Waals surface area contributed by atoms with Crippen LogP contribution in [-0.4, -0.2) is 37.9 Å². The minimum atomic E-state index is -4.75. The second kappa shape index (κ2) is 11.5. The number of nitrogens with one attached hydrogen (secondary N) is 1. The van der Waals surface area contributed by atoms with E-state index in [1.807, 2.05) is 0 Å². The molecule has 1 aliphatic heterocycles. The van der Waals surface area contributed by atoms with Gasteiger partial charge in [0.25, 0.3) is 0 Å². The summed E-state index contributed by atoms with van der Waals surface area (Å²) in [6.07, 6.45) is -2.94. The molecule has 1 aromatic heterocycles. The summed E-state index contributed by atoms with van der Waals surface area (Å²) < 4.78 is 109. The molecule has 3 aromatic rings. The Labute approximate surface area is 231 Å². The van der Waals surface area contributed by atoms with Gasteiger partial charge in [-0.05, 0) is 54.8 Å². The van der Waals surface area contributed by atoms with Crippen molar-refractivity contribution in [1.29, 1.82) is 0 Å². The zero-order chi connectivity index (χ0) is 30.1. The maximum Gasteiger partial charge on any atom is 0.416 e. The van der Waals surface area contributed by atoms with Crippen LogP contribution in [0, 0.1) is 23.4 Å². The smallest absolute Gasteiger partial charge is 0.309 e.